The van der Waals surface area contributed by atoms with Crippen LogP contribution >= 0.6 is 0 Å². The summed E-state index contributed by atoms with van der Waals surface area (Å²) in [4.78, 5) is 19.3. The van der Waals surface area contributed by atoms with Crippen molar-refractivity contribution in [3.8, 4) is 11.1 Å². The molecule has 0 radical (unpaired) electrons. The predicted molar refractivity (Wildman–Crippen MR) is 121 cm³/mol. The fourth-order valence-electron chi connectivity index (χ4n) is 4.49. The molecule has 0 aliphatic carbocycles. The molecule has 1 aliphatic rings. The Hall–Kier alpha value is -3.41. The van der Waals surface area contributed by atoms with Crippen LogP contribution in [0.4, 0.5) is 0 Å². The van der Waals surface area contributed by atoms with Crippen molar-refractivity contribution in [1.29, 1.82) is 0 Å². The Morgan fingerprint density at radius 1 is 1.06 bits per heavy atom. The Labute approximate surface area is 181 Å². The number of carbonyl (C=O) groups is 1. The highest BCUT2D eigenvalue weighted by molar-refractivity contribution is 5.81. The highest BCUT2D eigenvalue weighted by Crippen LogP contribution is 2.25. The number of fused-ring (bicyclic) bond motifs is 1. The number of imidazole rings is 1. The van der Waals surface area contributed by atoms with Gasteiger partial charge in [-0.3, -0.25) is 9.89 Å². The first kappa shape index (κ1) is 19.5. The second kappa shape index (κ2) is 8.76. The summed E-state index contributed by atoms with van der Waals surface area (Å²) >= 11 is 0. The van der Waals surface area contributed by atoms with Crippen LogP contribution in [0.3, 0.4) is 0 Å². The van der Waals surface area contributed by atoms with Gasteiger partial charge in [0.1, 0.15) is 0 Å². The largest absolute Gasteiger partial charge is 0.343 e. The summed E-state index contributed by atoms with van der Waals surface area (Å²) < 4.78 is 2.26. The van der Waals surface area contributed by atoms with Crippen molar-refractivity contribution in [3.63, 3.8) is 0 Å². The van der Waals surface area contributed by atoms with Gasteiger partial charge in [0.25, 0.3) is 0 Å². The van der Waals surface area contributed by atoms with E-state index in [1.807, 2.05) is 41.8 Å². The summed E-state index contributed by atoms with van der Waals surface area (Å²) in [6, 6.07) is 16.6. The van der Waals surface area contributed by atoms with Crippen molar-refractivity contribution in [3.05, 3.63) is 72.8 Å². The van der Waals surface area contributed by atoms with Crippen LogP contribution in [0.5, 0.6) is 0 Å². The number of aryl methyl sites for hydroxylation is 1. The smallest absolute Gasteiger partial charge is 0.222 e. The van der Waals surface area contributed by atoms with Gasteiger partial charge in [-0.1, -0.05) is 36.4 Å². The van der Waals surface area contributed by atoms with Gasteiger partial charge in [-0.2, -0.15) is 5.10 Å². The molecule has 5 rings (SSSR count). The second-order valence-corrected chi connectivity index (χ2v) is 8.40. The van der Waals surface area contributed by atoms with E-state index in [2.05, 4.69) is 50.1 Å². The van der Waals surface area contributed by atoms with Gasteiger partial charge in [-0.25, -0.2) is 4.98 Å². The van der Waals surface area contributed by atoms with Crippen LogP contribution in [0.2, 0.25) is 0 Å². The van der Waals surface area contributed by atoms with Gasteiger partial charge < -0.3 is 9.47 Å². The molecule has 6 nitrogen and oxygen atoms in total. The van der Waals surface area contributed by atoms with Crippen molar-refractivity contribution >= 4 is 16.9 Å². The van der Waals surface area contributed by atoms with Gasteiger partial charge in [0.2, 0.25) is 5.91 Å². The van der Waals surface area contributed by atoms with Crippen molar-refractivity contribution in [2.75, 3.05) is 13.1 Å². The first-order valence-corrected chi connectivity index (χ1v) is 11.0. The van der Waals surface area contributed by atoms with Gasteiger partial charge in [0, 0.05) is 37.8 Å². The molecule has 1 fully saturated rings. The van der Waals surface area contributed by atoms with Crippen LogP contribution in [-0.4, -0.2) is 43.6 Å². The van der Waals surface area contributed by atoms with Gasteiger partial charge in [-0.15, -0.1) is 0 Å². The normalized spacial score (nSPS) is 14.9. The molecule has 1 N–H and O–H groups in total. The van der Waals surface area contributed by atoms with Crippen LogP contribution in [0, 0.1) is 5.92 Å². The van der Waals surface area contributed by atoms with Crippen molar-refractivity contribution < 1.29 is 4.79 Å². The third-order valence-electron chi connectivity index (χ3n) is 6.35. The van der Waals surface area contributed by atoms with E-state index in [4.69, 9.17) is 0 Å². The number of aromatic nitrogens is 4. The van der Waals surface area contributed by atoms with E-state index in [1.54, 1.807) is 0 Å². The predicted octanol–water partition coefficient (Wildman–Crippen LogP) is 4.30. The lowest BCUT2D eigenvalue weighted by atomic mass is 9.96. The number of nitrogens with zero attached hydrogens (tertiary/aromatic N) is 4. The zero-order valence-corrected chi connectivity index (χ0v) is 17.6. The minimum absolute atomic E-state index is 0.280. The number of hydrogen-bond donors (Lipinski definition) is 1. The number of hydrogen-bond acceptors (Lipinski definition) is 3. The van der Waals surface area contributed by atoms with Crippen molar-refractivity contribution in [2.45, 2.75) is 32.2 Å². The maximum atomic E-state index is 12.6. The van der Waals surface area contributed by atoms with E-state index in [-0.39, 0.29) is 5.91 Å². The lowest BCUT2D eigenvalue weighted by molar-refractivity contribution is -0.132. The Morgan fingerprint density at radius 3 is 2.68 bits per heavy atom. The zero-order valence-electron chi connectivity index (χ0n) is 17.6. The summed E-state index contributed by atoms with van der Waals surface area (Å²) in [6.45, 7) is 2.67. The summed E-state index contributed by atoms with van der Waals surface area (Å²) in [5, 5.41) is 6.89. The third kappa shape index (κ3) is 4.38. The Kier molecular flexibility index (Phi) is 5.52. The Bertz CT molecular complexity index is 1140. The molecule has 1 aliphatic heterocycles. The molecule has 2 aromatic carbocycles. The number of amides is 1. The molecule has 0 bridgehead atoms. The molecule has 1 saturated heterocycles. The Morgan fingerprint density at radius 2 is 1.90 bits per heavy atom. The highest BCUT2D eigenvalue weighted by atomic mass is 16.2. The fourth-order valence-corrected chi connectivity index (χ4v) is 4.49. The molecule has 31 heavy (non-hydrogen) atoms. The van der Waals surface area contributed by atoms with Crippen LogP contribution in [0.25, 0.3) is 22.2 Å². The minimum atomic E-state index is 0.280. The van der Waals surface area contributed by atoms with Crippen molar-refractivity contribution in [1.82, 2.24) is 24.6 Å². The van der Waals surface area contributed by atoms with E-state index in [1.165, 1.54) is 5.56 Å². The van der Waals surface area contributed by atoms with Crippen LogP contribution in [0.1, 0.15) is 24.8 Å². The molecule has 4 aromatic rings. The summed E-state index contributed by atoms with van der Waals surface area (Å²) in [5.74, 6) is 0.853. The number of piperidine rings is 1. The quantitative estimate of drug-likeness (QED) is 0.513. The van der Waals surface area contributed by atoms with E-state index < -0.39 is 0 Å². The summed E-state index contributed by atoms with van der Waals surface area (Å²) in [5.41, 5.74) is 5.59. The zero-order chi connectivity index (χ0) is 21.0. The highest BCUT2D eigenvalue weighted by Gasteiger charge is 2.23. The van der Waals surface area contributed by atoms with E-state index in [0.29, 0.717) is 12.3 Å². The second-order valence-electron chi connectivity index (χ2n) is 8.40. The SMILES string of the molecule is O=C(CCc1ccccc1)N1CCC(Cn2cnc3cc(-c4cn[nH]c4)ccc32)CC1. The average molecular weight is 414 g/mol. The molecule has 0 saturated carbocycles. The number of benzene rings is 2. The van der Waals surface area contributed by atoms with E-state index in [9.17, 15) is 4.79 Å². The van der Waals surface area contributed by atoms with Crippen LogP contribution in [0.15, 0.2) is 67.3 Å². The van der Waals surface area contributed by atoms with E-state index in [0.717, 1.165) is 61.1 Å². The number of H-pyrrole nitrogens is 1. The van der Waals surface area contributed by atoms with Gasteiger partial charge >= 0.3 is 0 Å². The topological polar surface area (TPSA) is 66.8 Å². The molecule has 0 atom stereocenters. The standard InChI is InChI=1S/C25H27N5O/c31-25(9-6-19-4-2-1-3-5-19)29-12-10-20(11-13-29)17-30-18-26-23-14-21(7-8-24(23)30)22-15-27-28-16-22/h1-5,7-8,14-16,18,20H,6,9-13,17H2,(H,27,28). The minimum Gasteiger partial charge on any atom is -0.343 e. The monoisotopic (exact) mass is 413 g/mol. The Balaban J connectivity index is 1.16. The first-order valence-electron chi connectivity index (χ1n) is 11.0. The van der Waals surface area contributed by atoms with Gasteiger partial charge in [-0.05, 0) is 48.4 Å². The average Bonchev–Trinajstić information content (AvgIpc) is 3.49. The maximum absolute atomic E-state index is 12.6. The number of likely N-dealkylation sites (tertiary alicyclic amines) is 1. The molecule has 3 heterocycles. The summed E-state index contributed by atoms with van der Waals surface area (Å²) in [7, 11) is 0. The molecule has 0 spiro atoms. The number of carbonyl (C=O) groups excluding carboxylic acids is 1. The molecule has 158 valence electrons. The third-order valence-corrected chi connectivity index (χ3v) is 6.35. The number of rotatable bonds is 6. The van der Waals surface area contributed by atoms with Crippen molar-refractivity contribution in [2.24, 2.45) is 5.92 Å². The molecule has 1 amide bonds. The lowest BCUT2D eigenvalue weighted by Gasteiger charge is -2.32. The molecule has 6 heteroatoms. The maximum Gasteiger partial charge on any atom is 0.222 e. The fraction of sp³-hybridized carbons (Fsp3) is 0.320. The molecular formula is C25H27N5O. The molecule has 0 unspecified atom stereocenters. The summed E-state index contributed by atoms with van der Waals surface area (Å²) in [6.07, 6.45) is 9.18. The first-order chi connectivity index (χ1) is 15.3. The van der Waals surface area contributed by atoms with Gasteiger partial charge in [0.05, 0.1) is 23.6 Å². The lowest BCUT2D eigenvalue weighted by Crippen LogP contribution is -2.39. The van der Waals surface area contributed by atoms with Gasteiger partial charge in [0.15, 0.2) is 0 Å². The molecular weight excluding hydrogens is 386 g/mol. The van der Waals surface area contributed by atoms with E-state index >= 15 is 0 Å². The number of nitrogens with one attached hydrogen (secondary N) is 1. The van der Waals surface area contributed by atoms with Crippen LogP contribution < -0.4 is 0 Å². The molecule has 2 aromatic heterocycles. The van der Waals surface area contributed by atoms with Crippen LogP contribution in [-0.2, 0) is 17.8 Å². The number of aromatic amines is 1.